The number of hydrogen-bond donors (Lipinski definition) is 2. The van der Waals surface area contributed by atoms with Crippen molar-refractivity contribution in [3.05, 3.63) is 55.2 Å². The normalized spacial score (nSPS) is 15.7. The van der Waals surface area contributed by atoms with E-state index in [1.807, 2.05) is 17.5 Å². The molecule has 1 atom stereocenters. The van der Waals surface area contributed by atoms with Crippen molar-refractivity contribution in [2.45, 2.75) is 6.04 Å². The molecule has 1 aliphatic rings. The van der Waals surface area contributed by atoms with Crippen LogP contribution < -0.4 is 5.32 Å². The van der Waals surface area contributed by atoms with Crippen LogP contribution in [0, 0.1) is 10.1 Å². The van der Waals surface area contributed by atoms with Crippen LogP contribution in [0.3, 0.4) is 0 Å². The lowest BCUT2D eigenvalue weighted by molar-refractivity contribution is -0.386. The summed E-state index contributed by atoms with van der Waals surface area (Å²) in [5.74, 6) is -0.210. The van der Waals surface area contributed by atoms with Crippen molar-refractivity contribution in [2.75, 3.05) is 26.2 Å². The van der Waals surface area contributed by atoms with Crippen LogP contribution in [0.1, 0.15) is 16.5 Å². The highest BCUT2D eigenvalue weighted by Gasteiger charge is 2.34. The largest absolute Gasteiger partial charge is 0.506 e. The second-order valence-electron chi connectivity index (χ2n) is 5.29. The van der Waals surface area contributed by atoms with Crippen LogP contribution in [0.25, 0.3) is 0 Å². The van der Waals surface area contributed by atoms with Crippen LogP contribution in [0.5, 0.6) is 5.75 Å². The molecule has 1 aromatic heterocycles. The first-order valence-corrected chi connectivity index (χ1v) is 8.49. The number of hydrogen-bond acceptors (Lipinski definition) is 6. The quantitative estimate of drug-likeness (QED) is 0.573. The van der Waals surface area contributed by atoms with Crippen LogP contribution in [0.4, 0.5) is 5.69 Å². The van der Waals surface area contributed by atoms with E-state index in [9.17, 15) is 15.2 Å². The first kappa shape index (κ1) is 22.0. The van der Waals surface area contributed by atoms with Crippen molar-refractivity contribution < 1.29 is 10.0 Å². The lowest BCUT2D eigenvalue weighted by Gasteiger charge is -2.34. The molecule has 0 spiro atoms. The third-order valence-electron chi connectivity index (χ3n) is 3.94. The molecule has 0 aliphatic carbocycles. The fourth-order valence-corrected chi connectivity index (χ4v) is 3.92. The molecule has 1 fully saturated rings. The summed E-state index contributed by atoms with van der Waals surface area (Å²) in [5, 5.41) is 27.2. The Hall–Kier alpha value is -1.09. The predicted molar refractivity (Wildman–Crippen MR) is 105 cm³/mol. The van der Waals surface area contributed by atoms with E-state index in [4.69, 9.17) is 11.6 Å². The molecule has 0 bridgehead atoms. The number of nitrogens with zero attached hydrogens (tertiary/aromatic N) is 2. The second-order valence-corrected chi connectivity index (χ2v) is 6.68. The van der Waals surface area contributed by atoms with Gasteiger partial charge in [0.05, 0.1) is 21.6 Å². The molecule has 2 heterocycles. The Morgan fingerprint density at radius 2 is 1.96 bits per heavy atom. The minimum absolute atomic E-state index is 0. The number of nitrogens with one attached hydrogen (secondary N) is 1. The van der Waals surface area contributed by atoms with Crippen LogP contribution in [-0.2, 0) is 0 Å². The number of nitro groups is 1. The van der Waals surface area contributed by atoms with Crippen LogP contribution in [-0.4, -0.2) is 41.1 Å². The van der Waals surface area contributed by atoms with E-state index in [-0.39, 0.29) is 52.9 Å². The summed E-state index contributed by atoms with van der Waals surface area (Å²) in [6, 6.07) is 6.18. The van der Waals surface area contributed by atoms with E-state index in [1.54, 1.807) is 0 Å². The van der Waals surface area contributed by atoms with E-state index in [2.05, 4.69) is 10.2 Å². The van der Waals surface area contributed by atoms with Crippen LogP contribution in [0.2, 0.25) is 5.02 Å². The molecule has 0 saturated carbocycles. The minimum atomic E-state index is -0.464. The number of halogens is 3. The van der Waals surface area contributed by atoms with Crippen molar-refractivity contribution in [1.82, 2.24) is 10.2 Å². The molecular formula is C15H18Cl3N3O3S. The number of benzene rings is 1. The van der Waals surface area contributed by atoms with E-state index in [0.29, 0.717) is 0 Å². The average molecular weight is 427 g/mol. The molecule has 6 nitrogen and oxygen atoms in total. The van der Waals surface area contributed by atoms with Gasteiger partial charge in [-0.15, -0.1) is 36.2 Å². The summed E-state index contributed by atoms with van der Waals surface area (Å²) in [6.45, 7) is 3.09. The van der Waals surface area contributed by atoms with Gasteiger partial charge in [0, 0.05) is 37.1 Å². The number of aromatic hydroxyl groups is 1. The van der Waals surface area contributed by atoms with Gasteiger partial charge in [-0.3, -0.25) is 15.0 Å². The topological polar surface area (TPSA) is 78.6 Å². The first-order chi connectivity index (χ1) is 11.1. The smallest absolute Gasteiger partial charge is 0.278 e. The van der Waals surface area contributed by atoms with Gasteiger partial charge >= 0.3 is 0 Å². The van der Waals surface area contributed by atoms with Crippen molar-refractivity contribution >= 4 is 53.4 Å². The highest BCUT2D eigenvalue weighted by Crippen LogP contribution is 2.44. The number of piperazine rings is 1. The second kappa shape index (κ2) is 9.56. The first-order valence-electron chi connectivity index (χ1n) is 7.23. The summed E-state index contributed by atoms with van der Waals surface area (Å²) in [4.78, 5) is 14.1. The van der Waals surface area contributed by atoms with Crippen molar-refractivity contribution in [1.29, 1.82) is 0 Å². The Morgan fingerprint density at radius 1 is 1.28 bits per heavy atom. The van der Waals surface area contributed by atoms with Gasteiger partial charge in [-0.1, -0.05) is 17.7 Å². The number of rotatable bonds is 4. The zero-order valence-electron chi connectivity index (χ0n) is 13.1. The summed E-state index contributed by atoms with van der Waals surface area (Å²) in [5.41, 5.74) is 0.163. The van der Waals surface area contributed by atoms with Gasteiger partial charge in [-0.25, -0.2) is 0 Å². The molecule has 138 valence electrons. The standard InChI is InChI=1S/C15H16ClN3O3S.2ClH/c16-10-3-4-11(19(21)22)13(15(10)20)14(12-2-1-9-23-12)18-7-5-17-6-8-18;;/h1-4,9,14,17,20H,5-8H2;2*1H/t14-;;/m0../s1. The molecule has 1 aliphatic heterocycles. The van der Waals surface area contributed by atoms with E-state index in [1.165, 1.54) is 23.5 Å². The van der Waals surface area contributed by atoms with Gasteiger partial charge < -0.3 is 10.4 Å². The molecule has 0 radical (unpaired) electrons. The maximum Gasteiger partial charge on any atom is 0.278 e. The average Bonchev–Trinajstić information content (AvgIpc) is 3.07. The zero-order chi connectivity index (χ0) is 16.4. The Kier molecular flexibility index (Phi) is 8.40. The lowest BCUT2D eigenvalue weighted by atomic mass is 9.99. The summed E-state index contributed by atoms with van der Waals surface area (Å²) in [6.07, 6.45) is 0. The van der Waals surface area contributed by atoms with Crippen LogP contribution >= 0.6 is 47.8 Å². The third kappa shape index (κ3) is 4.55. The molecule has 0 unspecified atom stereocenters. The van der Waals surface area contributed by atoms with Gasteiger partial charge in [-0.05, 0) is 17.5 Å². The fourth-order valence-electron chi connectivity index (χ4n) is 2.89. The van der Waals surface area contributed by atoms with Gasteiger partial charge in [0.25, 0.3) is 5.69 Å². The van der Waals surface area contributed by atoms with Crippen molar-refractivity contribution in [2.24, 2.45) is 0 Å². The molecular weight excluding hydrogens is 409 g/mol. The van der Waals surface area contributed by atoms with E-state index >= 15 is 0 Å². The SMILES string of the molecule is Cl.Cl.O=[N+]([O-])c1ccc(Cl)c(O)c1[C@H](c1cccs1)N1CCNCC1. The van der Waals surface area contributed by atoms with Gasteiger partial charge in [-0.2, -0.15) is 0 Å². The minimum Gasteiger partial charge on any atom is -0.506 e. The molecule has 1 saturated heterocycles. The predicted octanol–water partition coefficient (Wildman–Crippen LogP) is 3.85. The van der Waals surface area contributed by atoms with Gasteiger partial charge in [0.1, 0.15) is 5.75 Å². The maximum atomic E-state index is 11.5. The Bertz CT molecular complexity index is 710. The van der Waals surface area contributed by atoms with Gasteiger partial charge in [0.2, 0.25) is 0 Å². The van der Waals surface area contributed by atoms with Crippen molar-refractivity contribution in [3.63, 3.8) is 0 Å². The lowest BCUT2D eigenvalue weighted by Crippen LogP contribution is -2.45. The molecule has 25 heavy (non-hydrogen) atoms. The zero-order valence-corrected chi connectivity index (χ0v) is 16.3. The highest BCUT2D eigenvalue weighted by molar-refractivity contribution is 7.10. The summed E-state index contributed by atoms with van der Waals surface area (Å²) >= 11 is 7.55. The Balaban J connectivity index is 0.00000156. The maximum absolute atomic E-state index is 11.5. The molecule has 1 aromatic carbocycles. The number of phenolic OH excluding ortho intramolecular Hbond substituents is 1. The van der Waals surface area contributed by atoms with Gasteiger partial charge in [0.15, 0.2) is 0 Å². The number of thiophene rings is 1. The monoisotopic (exact) mass is 425 g/mol. The molecule has 0 amide bonds. The molecule has 10 heteroatoms. The Labute approximate surface area is 166 Å². The summed E-state index contributed by atoms with van der Waals surface area (Å²) in [7, 11) is 0. The van der Waals surface area contributed by atoms with Crippen molar-refractivity contribution in [3.8, 4) is 5.75 Å². The number of phenols is 1. The van der Waals surface area contributed by atoms with E-state index in [0.717, 1.165) is 31.1 Å². The number of nitro benzene ring substituents is 1. The molecule has 2 aromatic rings. The molecule has 2 N–H and O–H groups in total. The summed E-state index contributed by atoms with van der Waals surface area (Å²) < 4.78 is 0. The third-order valence-corrected chi connectivity index (χ3v) is 5.17. The molecule has 3 rings (SSSR count). The fraction of sp³-hybridized carbons (Fsp3) is 0.333. The Morgan fingerprint density at radius 3 is 2.52 bits per heavy atom. The van der Waals surface area contributed by atoms with E-state index < -0.39 is 4.92 Å². The van der Waals surface area contributed by atoms with Crippen LogP contribution in [0.15, 0.2) is 29.6 Å². The highest BCUT2D eigenvalue weighted by atomic mass is 35.5.